The summed E-state index contributed by atoms with van der Waals surface area (Å²) in [6, 6.07) is 0. The van der Waals surface area contributed by atoms with Gasteiger partial charge in [0.05, 0.1) is 5.92 Å². The molecule has 2 rings (SSSR count). The molecule has 0 spiro atoms. The quantitative estimate of drug-likeness (QED) is 0.254. The second kappa shape index (κ2) is 12.3. The van der Waals surface area contributed by atoms with Crippen molar-refractivity contribution >= 4 is 47.6 Å². The number of rotatable bonds is 6. The minimum absolute atomic E-state index is 0. The van der Waals surface area contributed by atoms with Gasteiger partial charge in [0.15, 0.2) is 5.96 Å². The Hall–Kier alpha value is -0.220. The van der Waals surface area contributed by atoms with Crippen LogP contribution in [0.15, 0.2) is 4.99 Å². The van der Waals surface area contributed by atoms with Gasteiger partial charge in [0.1, 0.15) is 0 Å². The standard InChI is InChI=1S/C18H35N5OS.HI/c1-14(2)16-13-23(10-11-25-16)18(20-3)21-7-5-9-22-8-4-6-15(12-22)17(19)24;/h14-16H,4-13H2,1-3H3,(H2,19,24)(H,20,21);1H. The van der Waals surface area contributed by atoms with E-state index in [0.717, 1.165) is 64.5 Å². The number of likely N-dealkylation sites (tertiary alicyclic amines) is 1. The molecule has 2 aliphatic heterocycles. The molecule has 2 atom stereocenters. The number of halogens is 1. The first-order chi connectivity index (χ1) is 12.0. The van der Waals surface area contributed by atoms with E-state index in [1.807, 2.05) is 7.05 Å². The molecule has 6 nitrogen and oxygen atoms in total. The SMILES string of the molecule is CN=C(NCCCN1CCCC(C(N)=O)C1)N1CCSC(C(C)C)C1.I. The number of hydrogen-bond donors (Lipinski definition) is 2. The number of carbonyl (C=O) groups is 1. The van der Waals surface area contributed by atoms with Crippen LogP contribution in [0.2, 0.25) is 0 Å². The number of piperidine rings is 1. The number of thioether (sulfide) groups is 1. The number of guanidine groups is 1. The number of nitrogens with one attached hydrogen (secondary N) is 1. The number of aliphatic imine (C=N–C) groups is 1. The molecular formula is C18H36IN5OS. The highest BCUT2D eigenvalue weighted by molar-refractivity contribution is 14.0. The normalized spacial score (nSPS) is 25.1. The van der Waals surface area contributed by atoms with Crippen LogP contribution < -0.4 is 11.1 Å². The van der Waals surface area contributed by atoms with Gasteiger partial charge in [-0.25, -0.2) is 0 Å². The molecule has 2 saturated heterocycles. The van der Waals surface area contributed by atoms with Gasteiger partial charge in [0.2, 0.25) is 5.91 Å². The summed E-state index contributed by atoms with van der Waals surface area (Å²) in [5.74, 6) is 2.79. The Kier molecular flexibility index (Phi) is 11.2. The second-order valence-electron chi connectivity index (χ2n) is 7.47. The summed E-state index contributed by atoms with van der Waals surface area (Å²) in [4.78, 5) is 20.6. The number of amides is 1. The van der Waals surface area contributed by atoms with Crippen molar-refractivity contribution in [1.29, 1.82) is 0 Å². The molecule has 2 aliphatic rings. The van der Waals surface area contributed by atoms with E-state index in [4.69, 9.17) is 5.73 Å². The van der Waals surface area contributed by atoms with Gasteiger partial charge < -0.3 is 20.9 Å². The summed E-state index contributed by atoms with van der Waals surface area (Å²) in [5, 5.41) is 4.21. The number of primary amides is 1. The van der Waals surface area contributed by atoms with E-state index < -0.39 is 0 Å². The van der Waals surface area contributed by atoms with Crippen LogP contribution in [0.5, 0.6) is 0 Å². The minimum Gasteiger partial charge on any atom is -0.369 e. The Bertz CT molecular complexity index is 463. The number of nitrogens with zero attached hydrogens (tertiary/aromatic N) is 3. The molecular weight excluding hydrogens is 461 g/mol. The first-order valence-electron chi connectivity index (χ1n) is 9.60. The van der Waals surface area contributed by atoms with E-state index in [1.54, 1.807) is 0 Å². The highest BCUT2D eigenvalue weighted by Crippen LogP contribution is 2.24. The topological polar surface area (TPSA) is 74.0 Å². The third kappa shape index (κ3) is 7.42. The Morgan fingerprint density at radius 2 is 2.12 bits per heavy atom. The zero-order chi connectivity index (χ0) is 18.2. The summed E-state index contributed by atoms with van der Waals surface area (Å²) in [7, 11) is 1.87. The van der Waals surface area contributed by atoms with Crippen molar-refractivity contribution in [2.75, 3.05) is 52.1 Å². The summed E-state index contributed by atoms with van der Waals surface area (Å²) in [5.41, 5.74) is 5.46. The predicted octanol–water partition coefficient (Wildman–Crippen LogP) is 1.84. The van der Waals surface area contributed by atoms with Gasteiger partial charge in [-0.15, -0.1) is 24.0 Å². The van der Waals surface area contributed by atoms with Crippen molar-refractivity contribution in [2.24, 2.45) is 22.6 Å². The Balaban J connectivity index is 0.00000338. The molecule has 152 valence electrons. The van der Waals surface area contributed by atoms with Crippen LogP contribution in [-0.2, 0) is 4.79 Å². The van der Waals surface area contributed by atoms with Gasteiger partial charge >= 0.3 is 0 Å². The molecule has 0 aliphatic carbocycles. The highest BCUT2D eigenvalue weighted by atomic mass is 127. The average molecular weight is 497 g/mol. The molecule has 2 unspecified atom stereocenters. The lowest BCUT2D eigenvalue weighted by atomic mass is 9.97. The Morgan fingerprint density at radius 1 is 1.35 bits per heavy atom. The van der Waals surface area contributed by atoms with E-state index in [-0.39, 0.29) is 35.8 Å². The maximum atomic E-state index is 11.4. The molecule has 26 heavy (non-hydrogen) atoms. The van der Waals surface area contributed by atoms with Gasteiger partial charge in [-0.1, -0.05) is 13.8 Å². The van der Waals surface area contributed by atoms with Crippen LogP contribution in [0.1, 0.15) is 33.1 Å². The van der Waals surface area contributed by atoms with E-state index in [1.165, 1.54) is 5.75 Å². The van der Waals surface area contributed by atoms with Crippen molar-refractivity contribution in [2.45, 2.75) is 38.4 Å². The zero-order valence-electron chi connectivity index (χ0n) is 16.4. The lowest BCUT2D eigenvalue weighted by Gasteiger charge is -2.36. The van der Waals surface area contributed by atoms with Crippen LogP contribution in [0.3, 0.4) is 0 Å². The third-order valence-corrected chi connectivity index (χ3v) is 6.73. The molecule has 2 heterocycles. The molecule has 2 fully saturated rings. The molecule has 3 N–H and O–H groups in total. The van der Waals surface area contributed by atoms with Gasteiger partial charge in [-0.05, 0) is 38.3 Å². The van der Waals surface area contributed by atoms with Gasteiger partial charge in [0, 0.05) is 44.2 Å². The number of nitrogens with two attached hydrogens (primary N) is 1. The van der Waals surface area contributed by atoms with E-state index in [2.05, 4.69) is 45.7 Å². The van der Waals surface area contributed by atoms with Crippen LogP contribution in [-0.4, -0.2) is 79.0 Å². The molecule has 0 aromatic rings. The summed E-state index contributed by atoms with van der Waals surface area (Å²) >= 11 is 2.08. The smallest absolute Gasteiger partial charge is 0.221 e. The monoisotopic (exact) mass is 497 g/mol. The van der Waals surface area contributed by atoms with Crippen LogP contribution >= 0.6 is 35.7 Å². The fraction of sp³-hybridized carbons (Fsp3) is 0.889. The minimum atomic E-state index is -0.147. The van der Waals surface area contributed by atoms with E-state index in [0.29, 0.717) is 11.2 Å². The molecule has 0 saturated carbocycles. The number of carbonyl (C=O) groups excluding carboxylic acids is 1. The fourth-order valence-corrected chi connectivity index (χ4v) is 4.90. The van der Waals surface area contributed by atoms with Crippen molar-refractivity contribution < 1.29 is 4.79 Å². The third-order valence-electron chi connectivity index (χ3n) is 5.19. The lowest BCUT2D eigenvalue weighted by molar-refractivity contribution is -0.123. The molecule has 0 bridgehead atoms. The van der Waals surface area contributed by atoms with Gasteiger partial charge in [-0.3, -0.25) is 9.79 Å². The molecule has 8 heteroatoms. The molecule has 0 aromatic heterocycles. The largest absolute Gasteiger partial charge is 0.369 e. The maximum absolute atomic E-state index is 11.4. The first-order valence-corrected chi connectivity index (χ1v) is 10.6. The molecule has 0 radical (unpaired) electrons. The zero-order valence-corrected chi connectivity index (χ0v) is 19.6. The predicted molar refractivity (Wildman–Crippen MR) is 122 cm³/mol. The van der Waals surface area contributed by atoms with Gasteiger partial charge in [-0.2, -0.15) is 11.8 Å². The van der Waals surface area contributed by atoms with Crippen molar-refractivity contribution in [3.05, 3.63) is 0 Å². The first kappa shape index (κ1) is 23.8. The lowest BCUT2D eigenvalue weighted by Crippen LogP contribution is -2.49. The van der Waals surface area contributed by atoms with E-state index in [9.17, 15) is 4.79 Å². The van der Waals surface area contributed by atoms with Crippen LogP contribution in [0.4, 0.5) is 0 Å². The summed E-state index contributed by atoms with van der Waals surface area (Å²) in [6.07, 6.45) is 3.08. The van der Waals surface area contributed by atoms with E-state index >= 15 is 0 Å². The fourth-order valence-electron chi connectivity index (χ4n) is 3.60. The van der Waals surface area contributed by atoms with Crippen LogP contribution in [0.25, 0.3) is 0 Å². The maximum Gasteiger partial charge on any atom is 0.221 e. The Labute approximate surface area is 180 Å². The van der Waals surface area contributed by atoms with Crippen LogP contribution in [0, 0.1) is 11.8 Å². The number of hydrogen-bond acceptors (Lipinski definition) is 4. The van der Waals surface area contributed by atoms with Crippen molar-refractivity contribution in [3.8, 4) is 0 Å². The van der Waals surface area contributed by atoms with Gasteiger partial charge in [0.25, 0.3) is 0 Å². The van der Waals surface area contributed by atoms with Crippen molar-refractivity contribution in [1.82, 2.24) is 15.1 Å². The second-order valence-corrected chi connectivity index (χ2v) is 8.82. The molecule has 1 amide bonds. The van der Waals surface area contributed by atoms with Crippen molar-refractivity contribution in [3.63, 3.8) is 0 Å². The summed E-state index contributed by atoms with van der Waals surface area (Å²) < 4.78 is 0. The molecule has 0 aromatic carbocycles. The average Bonchev–Trinajstić information content (AvgIpc) is 2.62. The summed E-state index contributed by atoms with van der Waals surface area (Å²) in [6.45, 7) is 10.6. The highest BCUT2D eigenvalue weighted by Gasteiger charge is 2.25. The Morgan fingerprint density at radius 3 is 2.77 bits per heavy atom.